The molecule has 0 atom stereocenters. The quantitative estimate of drug-likeness (QED) is 0.794. The van der Waals surface area contributed by atoms with E-state index in [1.165, 1.54) is 36.7 Å². The standard InChI is InChI=1S/C14H13BrClNO3S/c1-17(13-6-4-3-5-11(13)15)21(18,19)10-7-8-14(20-2)12(16)9-10/h3-9H,1-2H3. The summed E-state index contributed by atoms with van der Waals surface area (Å²) in [6.07, 6.45) is 0. The van der Waals surface area contributed by atoms with Crippen LogP contribution >= 0.6 is 27.5 Å². The first kappa shape index (κ1) is 16.1. The second-order valence-corrected chi connectivity index (χ2v) is 7.45. The molecule has 0 N–H and O–H groups in total. The number of para-hydroxylation sites is 1. The largest absolute Gasteiger partial charge is 0.495 e. The number of halogens is 2. The van der Waals surface area contributed by atoms with Gasteiger partial charge in [0.1, 0.15) is 5.75 Å². The fraction of sp³-hybridized carbons (Fsp3) is 0.143. The maximum atomic E-state index is 12.6. The Morgan fingerprint density at radius 3 is 2.43 bits per heavy atom. The van der Waals surface area contributed by atoms with Gasteiger partial charge in [0.05, 0.1) is 22.7 Å². The highest BCUT2D eigenvalue weighted by atomic mass is 79.9. The highest BCUT2D eigenvalue weighted by Crippen LogP contribution is 2.32. The number of benzene rings is 2. The van der Waals surface area contributed by atoms with Crippen molar-refractivity contribution in [3.05, 3.63) is 52.0 Å². The second-order valence-electron chi connectivity index (χ2n) is 4.22. The summed E-state index contributed by atoms with van der Waals surface area (Å²) in [6.45, 7) is 0. The van der Waals surface area contributed by atoms with E-state index in [4.69, 9.17) is 16.3 Å². The number of hydrogen-bond acceptors (Lipinski definition) is 3. The zero-order chi connectivity index (χ0) is 15.6. The topological polar surface area (TPSA) is 46.6 Å². The minimum Gasteiger partial charge on any atom is -0.495 e. The summed E-state index contributed by atoms with van der Waals surface area (Å²) in [6, 6.07) is 11.5. The fourth-order valence-electron chi connectivity index (χ4n) is 1.80. The van der Waals surface area contributed by atoms with Gasteiger partial charge in [-0.05, 0) is 46.3 Å². The monoisotopic (exact) mass is 389 g/mol. The van der Waals surface area contributed by atoms with Crippen LogP contribution in [0.1, 0.15) is 0 Å². The van der Waals surface area contributed by atoms with Crippen LogP contribution in [-0.2, 0) is 10.0 Å². The molecular weight excluding hydrogens is 378 g/mol. The second kappa shape index (κ2) is 6.25. The maximum Gasteiger partial charge on any atom is 0.264 e. The summed E-state index contributed by atoms with van der Waals surface area (Å²) in [4.78, 5) is 0.103. The maximum absolute atomic E-state index is 12.6. The van der Waals surface area contributed by atoms with Crippen LogP contribution < -0.4 is 9.04 Å². The van der Waals surface area contributed by atoms with Gasteiger partial charge in [-0.15, -0.1) is 0 Å². The van der Waals surface area contributed by atoms with Crippen LogP contribution in [-0.4, -0.2) is 22.6 Å². The van der Waals surface area contributed by atoms with Crippen LogP contribution in [0, 0.1) is 0 Å². The molecule has 0 heterocycles. The van der Waals surface area contributed by atoms with Crippen molar-refractivity contribution in [2.24, 2.45) is 0 Å². The lowest BCUT2D eigenvalue weighted by Crippen LogP contribution is -2.26. The third-order valence-electron chi connectivity index (χ3n) is 2.97. The van der Waals surface area contributed by atoms with Crippen molar-refractivity contribution in [1.29, 1.82) is 0 Å². The summed E-state index contributed by atoms with van der Waals surface area (Å²) in [5, 5.41) is 0.249. The normalized spacial score (nSPS) is 11.2. The summed E-state index contributed by atoms with van der Waals surface area (Å²) in [7, 11) is -0.730. The van der Waals surface area contributed by atoms with E-state index in [2.05, 4.69) is 15.9 Å². The van der Waals surface area contributed by atoms with Crippen LogP contribution in [0.2, 0.25) is 5.02 Å². The average molecular weight is 391 g/mol. The van der Waals surface area contributed by atoms with Gasteiger partial charge in [-0.2, -0.15) is 0 Å². The Balaban J connectivity index is 2.47. The molecule has 4 nitrogen and oxygen atoms in total. The number of nitrogens with zero attached hydrogens (tertiary/aromatic N) is 1. The molecular formula is C14H13BrClNO3S. The smallest absolute Gasteiger partial charge is 0.264 e. The molecule has 0 amide bonds. The summed E-state index contributed by atoms with van der Waals surface area (Å²) < 4.78 is 32.2. The molecule has 0 spiro atoms. The molecule has 0 aliphatic heterocycles. The van der Waals surface area contributed by atoms with Crippen LogP contribution in [0.5, 0.6) is 5.75 Å². The van der Waals surface area contributed by atoms with Crippen molar-refractivity contribution in [3.63, 3.8) is 0 Å². The predicted octanol–water partition coefficient (Wildman–Crippen LogP) is 3.94. The van der Waals surface area contributed by atoms with Gasteiger partial charge in [-0.1, -0.05) is 23.7 Å². The van der Waals surface area contributed by atoms with Crippen molar-refractivity contribution >= 4 is 43.2 Å². The van der Waals surface area contributed by atoms with E-state index >= 15 is 0 Å². The van der Waals surface area contributed by atoms with E-state index in [1.807, 2.05) is 6.07 Å². The molecule has 0 radical (unpaired) electrons. The molecule has 0 aromatic heterocycles. The Morgan fingerprint density at radius 2 is 1.86 bits per heavy atom. The lowest BCUT2D eigenvalue weighted by Gasteiger charge is -2.21. The zero-order valence-electron chi connectivity index (χ0n) is 11.4. The third-order valence-corrected chi connectivity index (χ3v) is 5.71. The van der Waals surface area contributed by atoms with E-state index in [-0.39, 0.29) is 9.92 Å². The Morgan fingerprint density at radius 1 is 1.19 bits per heavy atom. The molecule has 0 aliphatic carbocycles. The summed E-state index contributed by atoms with van der Waals surface area (Å²) in [5.41, 5.74) is 0.546. The lowest BCUT2D eigenvalue weighted by molar-refractivity contribution is 0.414. The van der Waals surface area contributed by atoms with Crippen LogP contribution in [0.3, 0.4) is 0 Å². The van der Waals surface area contributed by atoms with E-state index in [9.17, 15) is 8.42 Å². The van der Waals surface area contributed by atoms with E-state index in [0.717, 1.165) is 0 Å². The van der Waals surface area contributed by atoms with Crippen molar-refractivity contribution in [1.82, 2.24) is 0 Å². The number of anilines is 1. The molecule has 0 fully saturated rings. The van der Waals surface area contributed by atoms with E-state index < -0.39 is 10.0 Å². The Hall–Kier alpha value is -1.24. The van der Waals surface area contributed by atoms with Gasteiger partial charge in [-0.3, -0.25) is 4.31 Å². The molecule has 2 aromatic carbocycles. The minimum atomic E-state index is -3.70. The van der Waals surface area contributed by atoms with Crippen molar-refractivity contribution in [2.75, 3.05) is 18.5 Å². The number of rotatable bonds is 4. The van der Waals surface area contributed by atoms with E-state index in [0.29, 0.717) is 15.9 Å². The van der Waals surface area contributed by atoms with Crippen molar-refractivity contribution < 1.29 is 13.2 Å². The summed E-state index contributed by atoms with van der Waals surface area (Å²) in [5.74, 6) is 0.430. The van der Waals surface area contributed by atoms with Gasteiger partial charge in [0.15, 0.2) is 0 Å². The highest BCUT2D eigenvalue weighted by molar-refractivity contribution is 9.10. The number of hydrogen-bond donors (Lipinski definition) is 0. The molecule has 2 rings (SSSR count). The first-order chi connectivity index (χ1) is 9.87. The minimum absolute atomic E-state index is 0.103. The zero-order valence-corrected chi connectivity index (χ0v) is 14.5. The molecule has 7 heteroatoms. The van der Waals surface area contributed by atoms with Gasteiger partial charge >= 0.3 is 0 Å². The first-order valence-electron chi connectivity index (χ1n) is 5.95. The molecule has 0 bridgehead atoms. The average Bonchev–Trinajstić information content (AvgIpc) is 2.47. The van der Waals surface area contributed by atoms with Crippen LogP contribution in [0.15, 0.2) is 51.8 Å². The number of sulfonamides is 1. The van der Waals surface area contributed by atoms with Crippen molar-refractivity contribution in [2.45, 2.75) is 4.90 Å². The van der Waals surface area contributed by atoms with Crippen LogP contribution in [0.4, 0.5) is 5.69 Å². The van der Waals surface area contributed by atoms with E-state index in [1.54, 1.807) is 18.2 Å². The number of methoxy groups -OCH3 is 1. The van der Waals surface area contributed by atoms with Gasteiger partial charge in [0.25, 0.3) is 10.0 Å². The van der Waals surface area contributed by atoms with Gasteiger partial charge in [-0.25, -0.2) is 8.42 Å². The molecule has 112 valence electrons. The van der Waals surface area contributed by atoms with Gasteiger partial charge in [0.2, 0.25) is 0 Å². The number of ether oxygens (including phenoxy) is 1. The molecule has 0 unspecified atom stereocenters. The van der Waals surface area contributed by atoms with Crippen molar-refractivity contribution in [3.8, 4) is 5.75 Å². The molecule has 0 aliphatic rings. The Kier molecular flexibility index (Phi) is 4.81. The Labute approximate surface area is 137 Å². The Bertz CT molecular complexity index is 765. The highest BCUT2D eigenvalue weighted by Gasteiger charge is 2.23. The first-order valence-corrected chi connectivity index (χ1v) is 8.56. The summed E-state index contributed by atoms with van der Waals surface area (Å²) >= 11 is 9.35. The molecule has 2 aromatic rings. The molecule has 0 saturated heterocycles. The molecule has 0 saturated carbocycles. The van der Waals surface area contributed by atoms with Gasteiger partial charge in [0, 0.05) is 11.5 Å². The lowest BCUT2D eigenvalue weighted by atomic mass is 10.3. The van der Waals surface area contributed by atoms with Gasteiger partial charge < -0.3 is 4.74 Å². The SMILES string of the molecule is COc1ccc(S(=O)(=O)N(C)c2ccccc2Br)cc1Cl. The predicted molar refractivity (Wildman–Crippen MR) is 87.7 cm³/mol. The van der Waals surface area contributed by atoms with Crippen LogP contribution in [0.25, 0.3) is 0 Å². The fourth-order valence-corrected chi connectivity index (χ4v) is 4.03. The molecule has 21 heavy (non-hydrogen) atoms. The third kappa shape index (κ3) is 3.17.